The molecule has 14 heavy (non-hydrogen) atoms. The lowest BCUT2D eigenvalue weighted by atomic mass is 10.1. The largest absolute Gasteiger partial charge is 0.376 e. The number of ether oxygens (including phenoxy) is 1. The van der Waals surface area contributed by atoms with E-state index in [1.807, 2.05) is 0 Å². The lowest BCUT2D eigenvalue weighted by molar-refractivity contribution is 0.0131. The van der Waals surface area contributed by atoms with Gasteiger partial charge in [0.2, 0.25) is 0 Å². The van der Waals surface area contributed by atoms with Crippen LogP contribution in [-0.4, -0.2) is 12.2 Å². The highest BCUT2D eigenvalue weighted by Crippen LogP contribution is 2.11. The molecule has 0 saturated heterocycles. The lowest BCUT2D eigenvalue weighted by Crippen LogP contribution is -2.13. The third-order valence-electron chi connectivity index (χ3n) is 2.47. The fourth-order valence-corrected chi connectivity index (χ4v) is 1.74. The summed E-state index contributed by atoms with van der Waals surface area (Å²) in [6, 6.07) is 0. The maximum atomic E-state index is 5.68. The molecule has 1 nitrogen and oxygen atoms in total. The van der Waals surface area contributed by atoms with Gasteiger partial charge < -0.3 is 4.74 Å². The average Bonchev–Trinajstić information content (AvgIpc) is 2.10. The van der Waals surface area contributed by atoms with E-state index < -0.39 is 0 Å². The van der Waals surface area contributed by atoms with Gasteiger partial charge >= 0.3 is 0 Å². The molecule has 0 aromatic heterocycles. The van der Waals surface area contributed by atoms with Gasteiger partial charge in [0.25, 0.3) is 0 Å². The van der Waals surface area contributed by atoms with Crippen molar-refractivity contribution in [3.8, 4) is 0 Å². The molecule has 1 atom stereocenters. The Morgan fingerprint density at radius 3 is 2.00 bits per heavy atom. The van der Waals surface area contributed by atoms with Crippen LogP contribution in [0.4, 0.5) is 0 Å². The first-order chi connectivity index (χ1) is 6.66. The molecule has 0 fully saturated rings. The monoisotopic (exact) mass is 200 g/mol. The number of hydrogen-bond donors (Lipinski definition) is 0. The maximum absolute atomic E-state index is 5.68. The molecule has 0 saturated carbocycles. The second-order valence-electron chi connectivity index (χ2n) is 4.55. The van der Waals surface area contributed by atoms with Crippen LogP contribution in [-0.2, 0) is 4.74 Å². The highest BCUT2D eigenvalue weighted by atomic mass is 16.5. The first-order valence-corrected chi connectivity index (χ1v) is 6.32. The first kappa shape index (κ1) is 14.0. The number of rotatable bonds is 9. The Bertz CT molecular complexity index is 110. The fraction of sp³-hybridized carbons (Fsp3) is 1.00. The molecule has 0 aliphatic rings. The minimum atomic E-state index is 0.380. The van der Waals surface area contributed by atoms with Crippen LogP contribution >= 0.6 is 0 Å². The molecule has 0 N–H and O–H groups in total. The van der Waals surface area contributed by atoms with Crippen LogP contribution in [0.25, 0.3) is 0 Å². The van der Waals surface area contributed by atoms with Crippen LogP contribution in [0.5, 0.6) is 0 Å². The Hall–Kier alpha value is -0.0400. The third-order valence-corrected chi connectivity index (χ3v) is 2.47. The van der Waals surface area contributed by atoms with Crippen molar-refractivity contribution in [3.63, 3.8) is 0 Å². The van der Waals surface area contributed by atoms with E-state index in [4.69, 9.17) is 4.74 Å². The van der Waals surface area contributed by atoms with Gasteiger partial charge in [-0.2, -0.15) is 0 Å². The van der Waals surface area contributed by atoms with Crippen molar-refractivity contribution in [3.05, 3.63) is 0 Å². The summed E-state index contributed by atoms with van der Waals surface area (Å²) in [5.74, 6) is 0. The quantitative estimate of drug-likeness (QED) is 0.496. The molecule has 0 rings (SSSR count). The third kappa shape index (κ3) is 10.0. The fourth-order valence-electron chi connectivity index (χ4n) is 1.74. The van der Waals surface area contributed by atoms with Gasteiger partial charge in [-0.15, -0.1) is 0 Å². The van der Waals surface area contributed by atoms with Crippen LogP contribution in [0.3, 0.4) is 0 Å². The van der Waals surface area contributed by atoms with Gasteiger partial charge in [0.15, 0.2) is 0 Å². The van der Waals surface area contributed by atoms with E-state index >= 15 is 0 Å². The lowest BCUT2D eigenvalue weighted by Gasteiger charge is -2.15. The van der Waals surface area contributed by atoms with E-state index in [1.165, 1.54) is 44.9 Å². The van der Waals surface area contributed by atoms with E-state index in [1.54, 1.807) is 0 Å². The molecule has 0 radical (unpaired) electrons. The SMILES string of the molecule is CCCCCCCC[C@@H](C)OC(C)C. The Balaban J connectivity index is 3.10. The van der Waals surface area contributed by atoms with Crippen molar-refractivity contribution in [2.24, 2.45) is 0 Å². The molecule has 1 heteroatoms. The summed E-state index contributed by atoms with van der Waals surface area (Å²) in [6.07, 6.45) is 10.3. The van der Waals surface area contributed by atoms with Crippen molar-refractivity contribution < 1.29 is 4.74 Å². The van der Waals surface area contributed by atoms with Crippen LogP contribution in [0.2, 0.25) is 0 Å². The zero-order chi connectivity index (χ0) is 10.8. The number of unbranched alkanes of at least 4 members (excludes halogenated alkanes) is 5. The van der Waals surface area contributed by atoms with Crippen LogP contribution in [0.15, 0.2) is 0 Å². The van der Waals surface area contributed by atoms with Crippen molar-refractivity contribution in [2.75, 3.05) is 0 Å². The van der Waals surface area contributed by atoms with Crippen LogP contribution in [0.1, 0.15) is 72.6 Å². The van der Waals surface area contributed by atoms with Gasteiger partial charge in [0.1, 0.15) is 0 Å². The molecule has 0 aromatic rings. The van der Waals surface area contributed by atoms with Crippen LogP contribution in [0, 0.1) is 0 Å². The first-order valence-electron chi connectivity index (χ1n) is 6.32. The van der Waals surface area contributed by atoms with Gasteiger partial charge in [-0.3, -0.25) is 0 Å². The van der Waals surface area contributed by atoms with Crippen LogP contribution < -0.4 is 0 Å². The molecule has 0 amide bonds. The van der Waals surface area contributed by atoms with Crippen molar-refractivity contribution >= 4 is 0 Å². The van der Waals surface area contributed by atoms with E-state index in [0.29, 0.717) is 12.2 Å². The molecule has 0 aliphatic carbocycles. The molecule has 86 valence electrons. The maximum Gasteiger partial charge on any atom is 0.0550 e. The van der Waals surface area contributed by atoms with Gasteiger partial charge in [0, 0.05) is 0 Å². The second kappa shape index (κ2) is 9.51. The van der Waals surface area contributed by atoms with Crippen molar-refractivity contribution in [1.29, 1.82) is 0 Å². The van der Waals surface area contributed by atoms with Gasteiger partial charge in [-0.05, 0) is 27.2 Å². The molecule has 0 aromatic carbocycles. The Morgan fingerprint density at radius 1 is 0.857 bits per heavy atom. The number of hydrogen-bond acceptors (Lipinski definition) is 1. The smallest absolute Gasteiger partial charge is 0.0550 e. The highest BCUT2D eigenvalue weighted by molar-refractivity contribution is 4.53. The highest BCUT2D eigenvalue weighted by Gasteiger charge is 2.03. The molecule has 0 spiro atoms. The predicted octanol–water partition coefficient (Wildman–Crippen LogP) is 4.55. The standard InChI is InChI=1S/C13H28O/c1-5-6-7-8-9-10-11-13(4)14-12(2)3/h12-13H,5-11H2,1-4H3/t13-/m1/s1. The van der Waals surface area contributed by atoms with Gasteiger partial charge in [0.05, 0.1) is 12.2 Å². The zero-order valence-corrected chi connectivity index (χ0v) is 10.5. The summed E-state index contributed by atoms with van der Waals surface area (Å²) >= 11 is 0. The molecule has 0 aliphatic heterocycles. The van der Waals surface area contributed by atoms with Crippen molar-refractivity contribution in [2.45, 2.75) is 84.8 Å². The Labute approximate surface area is 90.2 Å². The van der Waals surface area contributed by atoms with Gasteiger partial charge in [-0.25, -0.2) is 0 Å². The molecular weight excluding hydrogens is 172 g/mol. The minimum absolute atomic E-state index is 0.380. The van der Waals surface area contributed by atoms with E-state index in [0.717, 1.165) is 0 Å². The average molecular weight is 200 g/mol. The van der Waals surface area contributed by atoms with E-state index in [9.17, 15) is 0 Å². The summed E-state index contributed by atoms with van der Waals surface area (Å²) in [5, 5.41) is 0. The van der Waals surface area contributed by atoms with E-state index in [2.05, 4.69) is 27.7 Å². The van der Waals surface area contributed by atoms with E-state index in [-0.39, 0.29) is 0 Å². The van der Waals surface area contributed by atoms with Crippen molar-refractivity contribution in [1.82, 2.24) is 0 Å². The molecule has 0 heterocycles. The summed E-state index contributed by atoms with van der Waals surface area (Å²) in [4.78, 5) is 0. The molecular formula is C13H28O. The molecule has 0 unspecified atom stereocenters. The summed E-state index contributed by atoms with van der Waals surface area (Å²) in [5.41, 5.74) is 0. The Kier molecular flexibility index (Phi) is 9.49. The molecule has 0 bridgehead atoms. The van der Waals surface area contributed by atoms with Gasteiger partial charge in [-0.1, -0.05) is 45.4 Å². The minimum Gasteiger partial charge on any atom is -0.376 e. The predicted molar refractivity (Wildman–Crippen MR) is 63.7 cm³/mol. The summed E-state index contributed by atoms with van der Waals surface area (Å²) < 4.78 is 5.68. The zero-order valence-electron chi connectivity index (χ0n) is 10.5. The Morgan fingerprint density at radius 2 is 1.43 bits per heavy atom. The summed E-state index contributed by atoms with van der Waals surface area (Å²) in [7, 11) is 0. The second-order valence-corrected chi connectivity index (χ2v) is 4.55. The normalized spacial score (nSPS) is 13.5. The summed E-state index contributed by atoms with van der Waals surface area (Å²) in [6.45, 7) is 8.67. The topological polar surface area (TPSA) is 9.23 Å².